The molecule has 0 heterocycles. The van der Waals surface area contributed by atoms with Gasteiger partial charge in [0.25, 0.3) is 0 Å². The van der Waals surface area contributed by atoms with E-state index in [9.17, 15) is 9.59 Å². The summed E-state index contributed by atoms with van der Waals surface area (Å²) >= 11 is 0. The van der Waals surface area contributed by atoms with Gasteiger partial charge in [-0.15, -0.1) is 0 Å². The molecule has 6 nitrogen and oxygen atoms in total. The fourth-order valence-electron chi connectivity index (χ4n) is 2.05. The number of rotatable bonds is 8. The predicted octanol–water partition coefficient (Wildman–Crippen LogP) is 2.71. The molecule has 0 atom stereocenters. The zero-order chi connectivity index (χ0) is 16.7. The van der Waals surface area contributed by atoms with Gasteiger partial charge in [-0.1, -0.05) is 0 Å². The van der Waals surface area contributed by atoms with Crippen LogP contribution in [0.1, 0.15) is 39.5 Å². The highest BCUT2D eigenvalue weighted by Crippen LogP contribution is 2.30. The molecule has 0 spiro atoms. The predicted molar refractivity (Wildman–Crippen MR) is 89.5 cm³/mol. The number of amides is 2. The van der Waals surface area contributed by atoms with Gasteiger partial charge in [0.05, 0.1) is 6.61 Å². The minimum Gasteiger partial charge on any atom is -0.494 e. The van der Waals surface area contributed by atoms with Gasteiger partial charge in [0.2, 0.25) is 11.8 Å². The highest BCUT2D eigenvalue weighted by molar-refractivity contribution is 5.93. The van der Waals surface area contributed by atoms with Crippen molar-refractivity contribution in [1.82, 2.24) is 5.43 Å². The van der Waals surface area contributed by atoms with E-state index in [2.05, 4.69) is 15.8 Å². The summed E-state index contributed by atoms with van der Waals surface area (Å²) < 4.78 is 5.33. The molecule has 2 N–H and O–H groups in total. The lowest BCUT2D eigenvalue weighted by molar-refractivity contribution is -0.124. The number of nitrogens with one attached hydrogen (secondary N) is 2. The van der Waals surface area contributed by atoms with Gasteiger partial charge in [-0.3, -0.25) is 9.59 Å². The number of ether oxygens (including phenoxy) is 1. The molecule has 0 aliphatic heterocycles. The summed E-state index contributed by atoms with van der Waals surface area (Å²) in [4.78, 5) is 23.5. The van der Waals surface area contributed by atoms with Gasteiger partial charge in [-0.25, -0.2) is 5.43 Å². The lowest BCUT2D eigenvalue weighted by atomic mass is 10.2. The van der Waals surface area contributed by atoms with Gasteiger partial charge in [0, 0.05) is 24.2 Å². The normalized spacial score (nSPS) is 14.3. The Labute approximate surface area is 136 Å². The number of carbonyl (C=O) groups is 2. The van der Waals surface area contributed by atoms with Crippen LogP contribution in [-0.2, 0) is 9.59 Å². The van der Waals surface area contributed by atoms with Crippen LogP contribution in [0.3, 0.4) is 0 Å². The number of benzene rings is 1. The summed E-state index contributed by atoms with van der Waals surface area (Å²) in [5.41, 5.74) is 4.13. The van der Waals surface area contributed by atoms with E-state index in [1.54, 1.807) is 24.3 Å². The minimum absolute atomic E-state index is 0.115. The summed E-state index contributed by atoms with van der Waals surface area (Å²) in [5, 5.41) is 6.80. The van der Waals surface area contributed by atoms with Crippen molar-refractivity contribution in [2.45, 2.75) is 39.5 Å². The summed E-state index contributed by atoms with van der Waals surface area (Å²) in [6.07, 6.45) is 2.53. The van der Waals surface area contributed by atoms with E-state index in [0.717, 1.165) is 24.3 Å². The minimum atomic E-state index is -0.244. The fraction of sp³-hybridized carbons (Fsp3) is 0.471. The van der Waals surface area contributed by atoms with Crippen LogP contribution in [0.25, 0.3) is 0 Å². The molecule has 124 valence electrons. The number of carbonyl (C=O) groups excluding carboxylic acids is 2. The maximum Gasteiger partial charge on any atom is 0.240 e. The first kappa shape index (κ1) is 17.0. The van der Waals surface area contributed by atoms with Crippen molar-refractivity contribution in [3.63, 3.8) is 0 Å². The molecule has 1 aliphatic carbocycles. The molecule has 0 saturated heterocycles. The molecule has 1 aliphatic rings. The van der Waals surface area contributed by atoms with Crippen LogP contribution in [-0.4, -0.2) is 24.1 Å². The number of nitrogens with zero attached hydrogens (tertiary/aromatic N) is 1. The molecule has 1 saturated carbocycles. The third-order valence-corrected chi connectivity index (χ3v) is 3.55. The Morgan fingerprint density at radius 3 is 2.43 bits per heavy atom. The molecule has 0 aromatic heterocycles. The second-order valence-electron chi connectivity index (χ2n) is 5.57. The Balaban J connectivity index is 1.69. The van der Waals surface area contributed by atoms with Crippen LogP contribution >= 0.6 is 0 Å². The average molecular weight is 317 g/mol. The van der Waals surface area contributed by atoms with Crippen LogP contribution in [0.15, 0.2) is 29.4 Å². The highest BCUT2D eigenvalue weighted by atomic mass is 16.5. The number of hydrogen-bond donors (Lipinski definition) is 2. The largest absolute Gasteiger partial charge is 0.494 e. The second kappa shape index (κ2) is 8.31. The smallest absolute Gasteiger partial charge is 0.240 e. The Hall–Kier alpha value is -2.37. The maximum atomic E-state index is 11.8. The lowest BCUT2D eigenvalue weighted by Crippen LogP contribution is -2.21. The van der Waals surface area contributed by atoms with Gasteiger partial charge >= 0.3 is 0 Å². The Morgan fingerprint density at radius 1 is 1.17 bits per heavy atom. The standard InChI is InChI=1S/C17H23N3O3/c1-3-23-15-8-6-14(7-9-15)18-16(21)10-11-17(22)20-19-12(2)13-4-5-13/h6-9,13H,3-5,10-11H2,1-2H3,(H,18,21)(H,20,22)/b19-12+. The molecule has 1 fully saturated rings. The molecule has 2 rings (SSSR count). The molecule has 2 amide bonds. The van der Waals surface area contributed by atoms with Gasteiger partial charge < -0.3 is 10.1 Å². The Morgan fingerprint density at radius 2 is 1.83 bits per heavy atom. The van der Waals surface area contributed by atoms with Gasteiger partial charge in [-0.2, -0.15) is 5.10 Å². The van der Waals surface area contributed by atoms with Crippen molar-refractivity contribution in [2.24, 2.45) is 11.0 Å². The summed E-state index contributed by atoms with van der Waals surface area (Å²) in [6, 6.07) is 7.13. The molecule has 1 aromatic carbocycles. The van der Waals surface area contributed by atoms with E-state index in [0.29, 0.717) is 18.2 Å². The highest BCUT2D eigenvalue weighted by Gasteiger charge is 2.24. The Kier molecular flexibility index (Phi) is 6.14. The van der Waals surface area contributed by atoms with Crippen LogP contribution < -0.4 is 15.5 Å². The third-order valence-electron chi connectivity index (χ3n) is 3.55. The third kappa shape index (κ3) is 6.10. The van der Waals surface area contributed by atoms with E-state index in [1.165, 1.54) is 0 Å². The SMILES string of the molecule is CCOc1ccc(NC(=O)CCC(=O)N/N=C(\C)C2CC2)cc1. The van der Waals surface area contributed by atoms with Crippen LogP contribution in [0.4, 0.5) is 5.69 Å². The van der Waals surface area contributed by atoms with Crippen molar-refractivity contribution in [2.75, 3.05) is 11.9 Å². The van der Waals surface area contributed by atoms with E-state index in [1.807, 2.05) is 13.8 Å². The quantitative estimate of drug-likeness (QED) is 0.571. The zero-order valence-electron chi connectivity index (χ0n) is 13.6. The molecule has 23 heavy (non-hydrogen) atoms. The number of hydrazone groups is 1. The zero-order valence-corrected chi connectivity index (χ0v) is 13.6. The van der Waals surface area contributed by atoms with Crippen molar-refractivity contribution in [3.8, 4) is 5.75 Å². The van der Waals surface area contributed by atoms with Crippen LogP contribution in [0.2, 0.25) is 0 Å². The van der Waals surface area contributed by atoms with E-state index in [-0.39, 0.29) is 24.7 Å². The molecular formula is C17H23N3O3. The van der Waals surface area contributed by atoms with Crippen molar-refractivity contribution < 1.29 is 14.3 Å². The van der Waals surface area contributed by atoms with Crippen LogP contribution in [0, 0.1) is 5.92 Å². The topological polar surface area (TPSA) is 79.8 Å². The van der Waals surface area contributed by atoms with Gasteiger partial charge in [0.1, 0.15) is 5.75 Å². The fourth-order valence-corrected chi connectivity index (χ4v) is 2.05. The van der Waals surface area contributed by atoms with E-state index in [4.69, 9.17) is 4.74 Å². The second-order valence-corrected chi connectivity index (χ2v) is 5.57. The molecule has 6 heteroatoms. The Bertz CT molecular complexity index is 577. The van der Waals surface area contributed by atoms with E-state index < -0.39 is 0 Å². The number of anilines is 1. The monoisotopic (exact) mass is 317 g/mol. The van der Waals surface area contributed by atoms with Crippen molar-refractivity contribution in [3.05, 3.63) is 24.3 Å². The summed E-state index contributed by atoms with van der Waals surface area (Å²) in [5.74, 6) is 0.839. The molecular weight excluding hydrogens is 294 g/mol. The first-order valence-corrected chi connectivity index (χ1v) is 7.94. The lowest BCUT2D eigenvalue weighted by Gasteiger charge is -2.07. The summed E-state index contributed by atoms with van der Waals surface area (Å²) in [6.45, 7) is 4.43. The molecule has 0 bridgehead atoms. The molecule has 0 radical (unpaired) electrons. The first-order valence-electron chi connectivity index (χ1n) is 7.94. The van der Waals surface area contributed by atoms with E-state index >= 15 is 0 Å². The van der Waals surface area contributed by atoms with Crippen molar-refractivity contribution in [1.29, 1.82) is 0 Å². The summed E-state index contributed by atoms with van der Waals surface area (Å²) in [7, 11) is 0. The van der Waals surface area contributed by atoms with Gasteiger partial charge in [-0.05, 0) is 56.9 Å². The van der Waals surface area contributed by atoms with Crippen molar-refractivity contribution >= 4 is 23.2 Å². The van der Waals surface area contributed by atoms with Crippen LogP contribution in [0.5, 0.6) is 5.75 Å². The average Bonchev–Trinajstić information content (AvgIpc) is 3.38. The number of hydrogen-bond acceptors (Lipinski definition) is 4. The first-order chi connectivity index (χ1) is 11.1. The molecule has 1 aromatic rings. The molecule has 0 unspecified atom stereocenters. The maximum absolute atomic E-state index is 11.8. The van der Waals surface area contributed by atoms with Gasteiger partial charge in [0.15, 0.2) is 0 Å².